The number of aliphatic hydroxyl groups excluding tert-OH is 1. The van der Waals surface area contributed by atoms with Gasteiger partial charge in [0.15, 0.2) is 12.6 Å². The number of fused-ring (bicyclic) bond motifs is 1. The standard InChI is InChI=1S/C20H31NO5/c1-4-11-21(12-5-2)16-17(22)18-15(25-20(16)23-3)13-24-19(26-18)14-9-7-6-8-10-14/h6-10,15-20,22H,4-5,11-13H2,1-3H3/t15-,16-,17-,18-,19-,20+/m1/s1. The normalized spacial score (nSPS) is 34.7. The Kier molecular flexibility index (Phi) is 7.03. The van der Waals surface area contributed by atoms with Gasteiger partial charge in [-0.2, -0.15) is 0 Å². The van der Waals surface area contributed by atoms with Gasteiger partial charge in [0.2, 0.25) is 0 Å². The molecule has 2 heterocycles. The van der Waals surface area contributed by atoms with E-state index < -0.39 is 24.8 Å². The largest absolute Gasteiger partial charge is 0.388 e. The average Bonchev–Trinajstić information content (AvgIpc) is 2.68. The van der Waals surface area contributed by atoms with Crippen molar-refractivity contribution < 1.29 is 24.1 Å². The molecule has 1 N–H and O–H groups in total. The number of hydrogen-bond acceptors (Lipinski definition) is 6. The second-order valence-electron chi connectivity index (χ2n) is 6.97. The van der Waals surface area contributed by atoms with Crippen LogP contribution in [0.3, 0.4) is 0 Å². The lowest BCUT2D eigenvalue weighted by Crippen LogP contribution is -2.66. The molecule has 2 aliphatic rings. The highest BCUT2D eigenvalue weighted by atomic mass is 16.7. The zero-order chi connectivity index (χ0) is 18.5. The van der Waals surface area contributed by atoms with Crippen LogP contribution in [0.25, 0.3) is 0 Å². The van der Waals surface area contributed by atoms with Crippen LogP contribution in [-0.2, 0) is 18.9 Å². The molecule has 2 fully saturated rings. The van der Waals surface area contributed by atoms with Gasteiger partial charge in [-0.15, -0.1) is 0 Å². The maximum absolute atomic E-state index is 11.2. The van der Waals surface area contributed by atoms with Crippen molar-refractivity contribution in [3.05, 3.63) is 35.9 Å². The highest BCUT2D eigenvalue weighted by Crippen LogP contribution is 2.35. The molecule has 0 saturated carbocycles. The van der Waals surface area contributed by atoms with Gasteiger partial charge in [0.05, 0.1) is 12.6 Å². The molecular weight excluding hydrogens is 334 g/mol. The molecule has 2 saturated heterocycles. The third-order valence-corrected chi connectivity index (χ3v) is 5.08. The zero-order valence-corrected chi connectivity index (χ0v) is 15.9. The van der Waals surface area contributed by atoms with Crippen molar-refractivity contribution in [2.24, 2.45) is 0 Å². The summed E-state index contributed by atoms with van der Waals surface area (Å²) in [4.78, 5) is 2.26. The molecule has 0 aromatic heterocycles. The fraction of sp³-hybridized carbons (Fsp3) is 0.700. The Hall–Kier alpha value is -1.02. The first kappa shape index (κ1) is 19.7. The summed E-state index contributed by atoms with van der Waals surface area (Å²) in [6.45, 7) is 6.42. The summed E-state index contributed by atoms with van der Waals surface area (Å²) in [6, 6.07) is 9.55. The molecule has 0 bridgehead atoms. The van der Waals surface area contributed by atoms with Crippen LogP contribution in [0.4, 0.5) is 0 Å². The lowest BCUT2D eigenvalue weighted by atomic mass is 9.94. The van der Waals surface area contributed by atoms with E-state index in [4.69, 9.17) is 18.9 Å². The van der Waals surface area contributed by atoms with E-state index in [1.165, 1.54) is 0 Å². The summed E-state index contributed by atoms with van der Waals surface area (Å²) >= 11 is 0. The number of rotatable bonds is 7. The Bertz CT molecular complexity index is 536. The molecule has 0 unspecified atom stereocenters. The van der Waals surface area contributed by atoms with Gasteiger partial charge >= 0.3 is 0 Å². The second-order valence-corrected chi connectivity index (χ2v) is 6.97. The third kappa shape index (κ3) is 4.11. The molecule has 6 nitrogen and oxygen atoms in total. The van der Waals surface area contributed by atoms with Gasteiger partial charge in [-0.3, -0.25) is 4.90 Å². The zero-order valence-electron chi connectivity index (χ0n) is 15.9. The van der Waals surface area contributed by atoms with Crippen LogP contribution in [0.15, 0.2) is 30.3 Å². The van der Waals surface area contributed by atoms with E-state index in [1.54, 1.807) is 7.11 Å². The van der Waals surface area contributed by atoms with Crippen molar-refractivity contribution in [2.45, 2.75) is 63.6 Å². The van der Waals surface area contributed by atoms with E-state index in [0.29, 0.717) is 6.61 Å². The molecule has 26 heavy (non-hydrogen) atoms. The molecule has 0 spiro atoms. The summed E-state index contributed by atoms with van der Waals surface area (Å²) in [5.41, 5.74) is 0.947. The molecular formula is C20H31NO5. The van der Waals surface area contributed by atoms with Crippen molar-refractivity contribution >= 4 is 0 Å². The summed E-state index contributed by atoms with van der Waals surface area (Å²) < 4.78 is 23.7. The van der Waals surface area contributed by atoms with Crippen molar-refractivity contribution in [2.75, 3.05) is 26.8 Å². The molecule has 0 radical (unpaired) electrons. The van der Waals surface area contributed by atoms with E-state index in [1.807, 2.05) is 30.3 Å². The Morgan fingerprint density at radius 3 is 2.42 bits per heavy atom. The molecule has 0 aliphatic carbocycles. The Labute approximate surface area is 156 Å². The van der Waals surface area contributed by atoms with Gasteiger partial charge in [0.25, 0.3) is 0 Å². The van der Waals surface area contributed by atoms with E-state index in [-0.39, 0.29) is 12.1 Å². The maximum Gasteiger partial charge on any atom is 0.184 e. The van der Waals surface area contributed by atoms with Crippen LogP contribution in [-0.4, -0.2) is 67.5 Å². The van der Waals surface area contributed by atoms with E-state index in [9.17, 15) is 5.11 Å². The highest BCUT2D eigenvalue weighted by Gasteiger charge is 2.51. The fourth-order valence-electron chi connectivity index (χ4n) is 3.92. The first-order valence-corrected chi connectivity index (χ1v) is 9.62. The predicted octanol–water partition coefficient (Wildman–Crippen LogP) is 2.32. The summed E-state index contributed by atoms with van der Waals surface area (Å²) in [6.07, 6.45) is -0.454. The molecule has 2 aliphatic heterocycles. The lowest BCUT2D eigenvalue weighted by molar-refractivity contribution is -0.350. The van der Waals surface area contributed by atoms with Crippen molar-refractivity contribution in [1.82, 2.24) is 4.90 Å². The first-order valence-electron chi connectivity index (χ1n) is 9.62. The summed E-state index contributed by atoms with van der Waals surface area (Å²) in [5.74, 6) is 0. The van der Waals surface area contributed by atoms with Crippen molar-refractivity contribution in [3.8, 4) is 0 Å². The van der Waals surface area contributed by atoms with Crippen LogP contribution in [0.1, 0.15) is 38.5 Å². The topological polar surface area (TPSA) is 60.4 Å². The van der Waals surface area contributed by atoms with Gasteiger partial charge in [-0.05, 0) is 25.9 Å². The monoisotopic (exact) mass is 365 g/mol. The Balaban J connectivity index is 1.78. The number of hydrogen-bond donors (Lipinski definition) is 1. The van der Waals surface area contributed by atoms with E-state index in [0.717, 1.165) is 31.5 Å². The minimum absolute atomic E-state index is 0.254. The number of nitrogens with zero attached hydrogens (tertiary/aromatic N) is 1. The van der Waals surface area contributed by atoms with Gasteiger partial charge in [-0.25, -0.2) is 0 Å². The number of ether oxygens (including phenoxy) is 4. The minimum atomic E-state index is -0.702. The number of benzene rings is 1. The van der Waals surface area contributed by atoms with Crippen LogP contribution >= 0.6 is 0 Å². The number of aliphatic hydroxyl groups is 1. The lowest BCUT2D eigenvalue weighted by Gasteiger charge is -2.50. The molecule has 1 aromatic carbocycles. The second kappa shape index (κ2) is 9.26. The van der Waals surface area contributed by atoms with Crippen molar-refractivity contribution in [3.63, 3.8) is 0 Å². The predicted molar refractivity (Wildman–Crippen MR) is 97.6 cm³/mol. The quantitative estimate of drug-likeness (QED) is 0.800. The van der Waals surface area contributed by atoms with Gasteiger partial charge in [0, 0.05) is 12.7 Å². The Morgan fingerprint density at radius 1 is 1.12 bits per heavy atom. The van der Waals surface area contributed by atoms with E-state index in [2.05, 4.69) is 18.7 Å². The Morgan fingerprint density at radius 2 is 1.81 bits per heavy atom. The minimum Gasteiger partial charge on any atom is -0.388 e. The average molecular weight is 365 g/mol. The molecule has 1 aromatic rings. The highest BCUT2D eigenvalue weighted by molar-refractivity contribution is 5.16. The first-order chi connectivity index (χ1) is 12.7. The molecule has 3 rings (SSSR count). The van der Waals surface area contributed by atoms with Crippen LogP contribution in [0, 0.1) is 0 Å². The molecule has 6 atom stereocenters. The molecule has 6 heteroatoms. The summed E-state index contributed by atoms with van der Waals surface area (Å²) in [5, 5.41) is 11.2. The van der Waals surface area contributed by atoms with Crippen LogP contribution in [0.5, 0.6) is 0 Å². The van der Waals surface area contributed by atoms with Gasteiger partial charge in [-0.1, -0.05) is 44.2 Å². The maximum atomic E-state index is 11.2. The van der Waals surface area contributed by atoms with Crippen LogP contribution in [0.2, 0.25) is 0 Å². The summed E-state index contributed by atoms with van der Waals surface area (Å²) in [7, 11) is 1.62. The van der Waals surface area contributed by atoms with E-state index >= 15 is 0 Å². The molecule has 0 amide bonds. The van der Waals surface area contributed by atoms with Gasteiger partial charge in [0.1, 0.15) is 18.3 Å². The van der Waals surface area contributed by atoms with Crippen LogP contribution < -0.4 is 0 Å². The SMILES string of the molecule is CCCN(CCC)[C@H]1[C@@H](OC)O[C@@H]2CO[C@@H](c3ccccc3)O[C@H]2[C@@H]1O. The smallest absolute Gasteiger partial charge is 0.184 e. The number of methoxy groups -OCH3 is 1. The van der Waals surface area contributed by atoms with Gasteiger partial charge < -0.3 is 24.1 Å². The fourth-order valence-corrected chi connectivity index (χ4v) is 3.92. The third-order valence-electron chi connectivity index (χ3n) is 5.08. The van der Waals surface area contributed by atoms with Crippen molar-refractivity contribution in [1.29, 1.82) is 0 Å². The molecule has 146 valence electrons.